The zero-order valence-electron chi connectivity index (χ0n) is 15.8. The summed E-state index contributed by atoms with van der Waals surface area (Å²) in [6, 6.07) is 11.9. The van der Waals surface area contributed by atoms with Gasteiger partial charge in [-0.05, 0) is 36.4 Å². The van der Waals surface area contributed by atoms with Crippen LogP contribution in [-0.4, -0.2) is 21.6 Å². The van der Waals surface area contributed by atoms with Crippen LogP contribution in [0.15, 0.2) is 70.1 Å². The van der Waals surface area contributed by atoms with E-state index in [0.717, 1.165) is 16.0 Å². The van der Waals surface area contributed by atoms with Crippen molar-refractivity contribution in [2.45, 2.75) is 0 Å². The molecule has 11 heteroatoms. The minimum atomic E-state index is -0.416. The average Bonchev–Trinajstić information content (AvgIpc) is 3.40. The lowest BCUT2D eigenvalue weighted by atomic mass is 10.2. The van der Waals surface area contributed by atoms with Crippen molar-refractivity contribution in [1.82, 2.24) is 25.4 Å². The Balaban J connectivity index is 1.43. The molecule has 0 atom stereocenters. The van der Waals surface area contributed by atoms with Gasteiger partial charge in [0.1, 0.15) is 0 Å². The Bertz CT molecular complexity index is 1240. The molecule has 3 N–H and O–H groups in total. The highest BCUT2D eigenvalue weighted by atomic mass is 35.5. The Morgan fingerprint density at radius 2 is 1.83 bits per heavy atom. The number of nitrogens with zero attached hydrogens (tertiary/aromatic N) is 3. The van der Waals surface area contributed by atoms with Crippen LogP contribution < -0.4 is 32.5 Å². The monoisotopic (exact) mass is 444 g/mol. The highest BCUT2D eigenvalue weighted by Crippen LogP contribution is 2.21. The van der Waals surface area contributed by atoms with Crippen molar-refractivity contribution in [3.63, 3.8) is 0 Å². The van der Waals surface area contributed by atoms with E-state index in [0.29, 0.717) is 21.4 Å². The van der Waals surface area contributed by atoms with E-state index in [-0.39, 0.29) is 11.5 Å². The normalized spacial score (nSPS) is 13.1. The summed E-state index contributed by atoms with van der Waals surface area (Å²) in [4.78, 5) is 36.5. The first-order valence-corrected chi connectivity index (χ1v) is 10.1. The molecule has 3 aromatic rings. The van der Waals surface area contributed by atoms with Gasteiger partial charge >= 0.3 is 5.69 Å². The molecule has 1 aliphatic rings. The number of halogens is 1. The average molecular weight is 445 g/mol. The number of rotatable bonds is 5. The van der Waals surface area contributed by atoms with Gasteiger partial charge in [0.2, 0.25) is 0 Å². The predicted molar refractivity (Wildman–Crippen MR) is 116 cm³/mol. The second-order valence-electron chi connectivity index (χ2n) is 6.43. The van der Waals surface area contributed by atoms with Crippen LogP contribution in [0.3, 0.4) is 0 Å². The number of benzene rings is 1. The molecule has 154 valence electrons. The van der Waals surface area contributed by atoms with Crippen LogP contribution in [-0.2, 0) is 7.05 Å². The third kappa shape index (κ3) is 4.01. The second-order valence-corrected chi connectivity index (χ2v) is 8.14. The van der Waals surface area contributed by atoms with E-state index in [9.17, 15) is 14.4 Å². The van der Waals surface area contributed by atoms with E-state index in [2.05, 4.69) is 16.3 Å². The standard InChI is InChI=1S/C19H17ClN6O3S/c1-24-17(27)8-9-25(19(24)29)13-2-4-14(5-3-13)26-11-12(22-23-26)10-21-18(28)15-6-7-16(20)30-15/h2-9,11,22-23H,10H2,1H3,(H,21,28). The lowest BCUT2D eigenvalue weighted by Gasteiger charge is -2.16. The molecule has 1 aliphatic heterocycles. The van der Waals surface area contributed by atoms with Gasteiger partial charge in [-0.1, -0.05) is 11.6 Å². The van der Waals surface area contributed by atoms with Gasteiger partial charge in [0.25, 0.3) is 11.5 Å². The quantitative estimate of drug-likeness (QED) is 0.549. The minimum absolute atomic E-state index is 0.194. The van der Waals surface area contributed by atoms with Crippen LogP contribution in [0.25, 0.3) is 5.69 Å². The minimum Gasteiger partial charge on any atom is -0.346 e. The van der Waals surface area contributed by atoms with E-state index in [1.54, 1.807) is 29.3 Å². The number of thiophene rings is 1. The first-order valence-electron chi connectivity index (χ1n) is 8.86. The fourth-order valence-electron chi connectivity index (χ4n) is 2.82. The molecule has 0 bridgehead atoms. The van der Waals surface area contributed by atoms with Crippen LogP contribution in [0.1, 0.15) is 9.67 Å². The maximum atomic E-state index is 12.2. The van der Waals surface area contributed by atoms with Crippen molar-refractivity contribution in [3.8, 4) is 5.69 Å². The Morgan fingerprint density at radius 3 is 2.53 bits per heavy atom. The summed E-state index contributed by atoms with van der Waals surface area (Å²) >= 11 is 7.08. The molecular weight excluding hydrogens is 428 g/mol. The molecule has 0 radical (unpaired) electrons. The third-order valence-electron chi connectivity index (χ3n) is 4.45. The predicted octanol–water partition coefficient (Wildman–Crippen LogP) is 1.35. The fourth-order valence-corrected chi connectivity index (χ4v) is 3.78. The lowest BCUT2D eigenvalue weighted by molar-refractivity contribution is 0.0960. The number of hydrazine groups is 2. The summed E-state index contributed by atoms with van der Waals surface area (Å²) in [5.41, 5.74) is 7.43. The van der Waals surface area contributed by atoms with Crippen LogP contribution in [0.4, 0.5) is 5.69 Å². The maximum absolute atomic E-state index is 12.2. The summed E-state index contributed by atoms with van der Waals surface area (Å²) in [5.74, 6) is -0.194. The number of carbonyl (C=O) groups excluding carboxylic acids is 1. The van der Waals surface area contributed by atoms with Crippen molar-refractivity contribution in [2.75, 3.05) is 11.6 Å². The molecule has 0 fully saturated rings. The SMILES string of the molecule is Cn1c(=O)ccn(-c2ccc(N3C=C(CNC(=O)c4ccc(Cl)s4)NN3)cc2)c1=O. The first-order chi connectivity index (χ1) is 14.4. The topological polar surface area (TPSA) is 100 Å². The van der Waals surface area contributed by atoms with Crippen molar-refractivity contribution in [1.29, 1.82) is 0 Å². The molecule has 4 rings (SSSR count). The number of nitrogens with one attached hydrogen (secondary N) is 3. The van der Waals surface area contributed by atoms with E-state index < -0.39 is 5.69 Å². The molecule has 2 aromatic heterocycles. The van der Waals surface area contributed by atoms with Crippen LogP contribution >= 0.6 is 22.9 Å². The summed E-state index contributed by atoms with van der Waals surface area (Å²) in [6.07, 6.45) is 3.27. The van der Waals surface area contributed by atoms with Crippen LogP contribution in [0.5, 0.6) is 0 Å². The fraction of sp³-hybridized carbons (Fsp3) is 0.105. The summed E-state index contributed by atoms with van der Waals surface area (Å²) in [6.45, 7) is 0.309. The van der Waals surface area contributed by atoms with E-state index in [4.69, 9.17) is 11.6 Å². The number of amides is 1. The first kappa shape index (κ1) is 20.0. The number of hydrogen-bond acceptors (Lipinski definition) is 7. The number of anilines is 1. The van der Waals surface area contributed by atoms with Gasteiger partial charge in [-0.3, -0.25) is 23.7 Å². The molecule has 0 saturated carbocycles. The Kier molecular flexibility index (Phi) is 5.44. The smallest absolute Gasteiger partial charge is 0.335 e. The van der Waals surface area contributed by atoms with Gasteiger partial charge in [0, 0.05) is 25.5 Å². The zero-order valence-corrected chi connectivity index (χ0v) is 17.3. The molecule has 0 aliphatic carbocycles. The van der Waals surface area contributed by atoms with Crippen LogP contribution in [0, 0.1) is 0 Å². The molecule has 1 aromatic carbocycles. The van der Waals surface area contributed by atoms with Gasteiger partial charge < -0.3 is 10.7 Å². The van der Waals surface area contributed by atoms with Crippen molar-refractivity contribution in [2.24, 2.45) is 7.05 Å². The van der Waals surface area contributed by atoms with Crippen molar-refractivity contribution >= 4 is 34.5 Å². The zero-order chi connectivity index (χ0) is 21.3. The van der Waals surface area contributed by atoms with Crippen molar-refractivity contribution < 1.29 is 4.79 Å². The van der Waals surface area contributed by atoms with Gasteiger partial charge in [0.15, 0.2) is 0 Å². The second kappa shape index (κ2) is 8.19. The highest BCUT2D eigenvalue weighted by molar-refractivity contribution is 7.18. The summed E-state index contributed by atoms with van der Waals surface area (Å²) in [5, 5.41) is 4.57. The van der Waals surface area contributed by atoms with E-state index in [1.165, 1.54) is 35.2 Å². The molecule has 30 heavy (non-hydrogen) atoms. The van der Waals surface area contributed by atoms with Crippen molar-refractivity contribution in [3.05, 3.63) is 90.6 Å². The molecule has 0 spiro atoms. The lowest BCUT2D eigenvalue weighted by Crippen LogP contribution is -2.38. The van der Waals surface area contributed by atoms with Gasteiger partial charge in [-0.2, -0.15) is 0 Å². The van der Waals surface area contributed by atoms with E-state index >= 15 is 0 Å². The molecular formula is C19H17ClN6O3S. The summed E-state index contributed by atoms with van der Waals surface area (Å²) < 4.78 is 3.01. The maximum Gasteiger partial charge on any atom is 0.335 e. The largest absolute Gasteiger partial charge is 0.346 e. The molecule has 9 nitrogen and oxygen atoms in total. The molecule has 3 heterocycles. The number of carbonyl (C=O) groups is 1. The highest BCUT2D eigenvalue weighted by Gasteiger charge is 2.15. The summed E-state index contributed by atoms with van der Waals surface area (Å²) in [7, 11) is 1.44. The molecule has 1 amide bonds. The Morgan fingerprint density at radius 1 is 1.10 bits per heavy atom. The molecule has 0 unspecified atom stereocenters. The van der Waals surface area contributed by atoms with Gasteiger partial charge in [-0.15, -0.1) is 16.9 Å². The third-order valence-corrected chi connectivity index (χ3v) is 5.68. The Labute approximate surface area is 179 Å². The van der Waals surface area contributed by atoms with E-state index in [1.807, 2.05) is 18.3 Å². The molecule has 0 saturated heterocycles. The van der Waals surface area contributed by atoms with Crippen LogP contribution in [0.2, 0.25) is 4.34 Å². The van der Waals surface area contributed by atoms with Gasteiger partial charge in [-0.25, -0.2) is 4.79 Å². The number of hydrogen-bond donors (Lipinski definition) is 3. The Hall–Kier alpha value is -3.34. The number of aromatic nitrogens is 2. The van der Waals surface area contributed by atoms with Gasteiger partial charge in [0.05, 0.1) is 32.8 Å².